The smallest absolute Gasteiger partial charge is 0.341 e. The Morgan fingerprint density at radius 3 is 2.14 bits per heavy atom. The molecule has 3 rings (SSSR count). The standard InChI is InChI=1S/C27H30N2O6S/c1-6-33-21-14-10-20(11-15-21)28-24(30)17(4)35-22-12-8-19(9-13-22)25(31)29-26-23(27(32)34-7-2)16(3)18(5)36-26/h8-15,17H,6-7H2,1-5H3,(H,28,30)(H,29,31). The number of nitrogens with one attached hydrogen (secondary N) is 2. The van der Waals surface area contributed by atoms with Gasteiger partial charge in [-0.2, -0.15) is 0 Å². The first-order valence-electron chi connectivity index (χ1n) is 11.6. The quantitative estimate of drug-likeness (QED) is 0.344. The van der Waals surface area contributed by atoms with Crippen molar-refractivity contribution in [3.63, 3.8) is 0 Å². The summed E-state index contributed by atoms with van der Waals surface area (Å²) in [6, 6.07) is 13.5. The van der Waals surface area contributed by atoms with E-state index in [1.54, 1.807) is 62.4 Å². The summed E-state index contributed by atoms with van der Waals surface area (Å²) in [6.07, 6.45) is -0.763. The van der Waals surface area contributed by atoms with Gasteiger partial charge in [0, 0.05) is 16.1 Å². The lowest BCUT2D eigenvalue weighted by molar-refractivity contribution is -0.122. The summed E-state index contributed by atoms with van der Waals surface area (Å²) in [5.74, 6) is 0.0303. The molecule has 8 nitrogen and oxygen atoms in total. The molecule has 0 aliphatic rings. The number of carbonyl (C=O) groups excluding carboxylic acids is 3. The topological polar surface area (TPSA) is 103 Å². The summed E-state index contributed by atoms with van der Waals surface area (Å²) in [4.78, 5) is 38.6. The van der Waals surface area contributed by atoms with E-state index in [0.717, 1.165) is 16.2 Å². The van der Waals surface area contributed by atoms with Crippen molar-refractivity contribution < 1.29 is 28.6 Å². The highest BCUT2D eigenvalue weighted by Crippen LogP contribution is 2.33. The Morgan fingerprint density at radius 2 is 1.53 bits per heavy atom. The summed E-state index contributed by atoms with van der Waals surface area (Å²) in [5, 5.41) is 6.06. The van der Waals surface area contributed by atoms with E-state index >= 15 is 0 Å². The van der Waals surface area contributed by atoms with E-state index in [9.17, 15) is 14.4 Å². The number of aryl methyl sites for hydroxylation is 1. The molecule has 0 aliphatic carbocycles. The van der Waals surface area contributed by atoms with E-state index < -0.39 is 12.1 Å². The van der Waals surface area contributed by atoms with E-state index in [2.05, 4.69) is 10.6 Å². The zero-order valence-electron chi connectivity index (χ0n) is 21.0. The molecule has 0 bridgehead atoms. The first kappa shape index (κ1) is 26.7. The normalized spacial score (nSPS) is 11.4. The van der Waals surface area contributed by atoms with Gasteiger partial charge in [0.25, 0.3) is 11.8 Å². The molecule has 2 N–H and O–H groups in total. The number of hydrogen-bond acceptors (Lipinski definition) is 7. The molecule has 9 heteroatoms. The molecule has 0 aliphatic heterocycles. The lowest BCUT2D eigenvalue weighted by Gasteiger charge is -2.15. The molecule has 0 saturated heterocycles. The van der Waals surface area contributed by atoms with Crippen molar-refractivity contribution >= 4 is 39.8 Å². The van der Waals surface area contributed by atoms with Gasteiger partial charge in [-0.25, -0.2) is 4.79 Å². The lowest BCUT2D eigenvalue weighted by atomic mass is 10.1. The van der Waals surface area contributed by atoms with Gasteiger partial charge in [0.15, 0.2) is 6.10 Å². The highest BCUT2D eigenvalue weighted by molar-refractivity contribution is 7.16. The van der Waals surface area contributed by atoms with Crippen LogP contribution in [0.4, 0.5) is 10.7 Å². The number of carbonyl (C=O) groups is 3. The van der Waals surface area contributed by atoms with E-state index in [0.29, 0.717) is 34.2 Å². The van der Waals surface area contributed by atoms with Crippen molar-refractivity contribution in [1.29, 1.82) is 0 Å². The van der Waals surface area contributed by atoms with Crippen molar-refractivity contribution in [2.75, 3.05) is 23.8 Å². The highest BCUT2D eigenvalue weighted by atomic mass is 32.1. The fourth-order valence-electron chi connectivity index (χ4n) is 3.33. The Labute approximate surface area is 214 Å². The third kappa shape index (κ3) is 6.63. The highest BCUT2D eigenvalue weighted by Gasteiger charge is 2.22. The van der Waals surface area contributed by atoms with Crippen LogP contribution in [0.25, 0.3) is 0 Å². The van der Waals surface area contributed by atoms with Crippen molar-refractivity contribution in [3.8, 4) is 11.5 Å². The molecule has 1 aromatic heterocycles. The maximum atomic E-state index is 12.8. The summed E-state index contributed by atoms with van der Waals surface area (Å²) < 4.78 is 16.3. The van der Waals surface area contributed by atoms with Gasteiger partial charge < -0.3 is 24.8 Å². The Hall–Kier alpha value is -3.85. The van der Waals surface area contributed by atoms with Crippen molar-refractivity contribution in [1.82, 2.24) is 0 Å². The molecule has 0 radical (unpaired) electrons. The molecule has 1 unspecified atom stereocenters. The summed E-state index contributed by atoms with van der Waals surface area (Å²) in [5.41, 5.74) is 2.18. The lowest BCUT2D eigenvalue weighted by Crippen LogP contribution is -2.30. The molecule has 0 spiro atoms. The van der Waals surface area contributed by atoms with Crippen molar-refractivity contribution in [2.24, 2.45) is 0 Å². The first-order valence-corrected chi connectivity index (χ1v) is 12.4. The average molecular weight is 511 g/mol. The molecule has 2 aromatic carbocycles. The fourth-order valence-corrected chi connectivity index (χ4v) is 4.37. The predicted molar refractivity (Wildman–Crippen MR) is 140 cm³/mol. The maximum Gasteiger partial charge on any atom is 0.341 e. The molecule has 36 heavy (non-hydrogen) atoms. The van der Waals surface area contributed by atoms with Crippen LogP contribution in [0.3, 0.4) is 0 Å². The van der Waals surface area contributed by atoms with Gasteiger partial charge in [-0.3, -0.25) is 9.59 Å². The van der Waals surface area contributed by atoms with Gasteiger partial charge in [0.05, 0.1) is 18.8 Å². The van der Waals surface area contributed by atoms with Gasteiger partial charge in [-0.1, -0.05) is 0 Å². The molecule has 3 aromatic rings. The summed E-state index contributed by atoms with van der Waals surface area (Å²) in [6.45, 7) is 9.81. The van der Waals surface area contributed by atoms with Gasteiger partial charge in [-0.05, 0) is 88.7 Å². The Balaban J connectivity index is 1.61. The number of hydrogen-bond donors (Lipinski definition) is 2. The maximum absolute atomic E-state index is 12.8. The van der Waals surface area contributed by atoms with Gasteiger partial charge in [-0.15, -0.1) is 11.3 Å². The first-order chi connectivity index (χ1) is 17.2. The minimum Gasteiger partial charge on any atom is -0.494 e. The minimum atomic E-state index is -0.763. The molecule has 1 atom stereocenters. The van der Waals surface area contributed by atoms with Crippen LogP contribution in [0, 0.1) is 13.8 Å². The number of thiophene rings is 1. The average Bonchev–Trinajstić information content (AvgIpc) is 3.13. The molecule has 0 saturated carbocycles. The number of benzene rings is 2. The van der Waals surface area contributed by atoms with Crippen LogP contribution in [0.2, 0.25) is 0 Å². The van der Waals surface area contributed by atoms with Crippen LogP contribution >= 0.6 is 11.3 Å². The van der Waals surface area contributed by atoms with E-state index in [1.807, 2.05) is 20.8 Å². The van der Waals surface area contributed by atoms with Gasteiger partial charge in [0.2, 0.25) is 0 Å². The van der Waals surface area contributed by atoms with E-state index in [4.69, 9.17) is 14.2 Å². The van der Waals surface area contributed by atoms with Crippen LogP contribution in [0.15, 0.2) is 48.5 Å². The minimum absolute atomic E-state index is 0.249. The number of amides is 2. The zero-order chi connectivity index (χ0) is 26.2. The second kappa shape index (κ2) is 12.2. The Morgan fingerprint density at radius 1 is 0.889 bits per heavy atom. The van der Waals surface area contributed by atoms with Gasteiger partial charge in [0.1, 0.15) is 16.5 Å². The SMILES string of the molecule is CCOC(=O)c1c(NC(=O)c2ccc(OC(C)C(=O)Nc3ccc(OCC)cc3)cc2)sc(C)c1C. The Kier molecular flexibility index (Phi) is 9.08. The third-order valence-corrected chi connectivity index (χ3v) is 6.45. The zero-order valence-corrected chi connectivity index (χ0v) is 21.8. The Bertz CT molecular complexity index is 1220. The van der Waals surface area contributed by atoms with Crippen molar-refractivity contribution in [2.45, 2.75) is 40.7 Å². The van der Waals surface area contributed by atoms with E-state index in [-0.39, 0.29) is 18.4 Å². The fraction of sp³-hybridized carbons (Fsp3) is 0.296. The molecular weight excluding hydrogens is 480 g/mol. The molecule has 0 fully saturated rings. The molecule has 1 heterocycles. The van der Waals surface area contributed by atoms with Crippen LogP contribution in [-0.4, -0.2) is 37.1 Å². The molecule has 2 amide bonds. The molecular formula is C27H30N2O6S. The third-order valence-electron chi connectivity index (χ3n) is 5.32. The summed E-state index contributed by atoms with van der Waals surface area (Å²) >= 11 is 1.33. The second-order valence-electron chi connectivity index (χ2n) is 7.89. The van der Waals surface area contributed by atoms with Crippen LogP contribution in [-0.2, 0) is 9.53 Å². The van der Waals surface area contributed by atoms with Crippen LogP contribution < -0.4 is 20.1 Å². The largest absolute Gasteiger partial charge is 0.494 e. The summed E-state index contributed by atoms with van der Waals surface area (Å²) in [7, 11) is 0. The van der Waals surface area contributed by atoms with E-state index in [1.165, 1.54) is 11.3 Å². The number of ether oxygens (including phenoxy) is 3. The number of esters is 1. The van der Waals surface area contributed by atoms with Gasteiger partial charge >= 0.3 is 5.97 Å². The number of rotatable bonds is 10. The monoisotopic (exact) mass is 510 g/mol. The second-order valence-corrected chi connectivity index (χ2v) is 9.12. The predicted octanol–water partition coefficient (Wildman–Crippen LogP) is 5.60. The van der Waals surface area contributed by atoms with Crippen molar-refractivity contribution in [3.05, 3.63) is 70.1 Å². The van der Waals surface area contributed by atoms with Crippen LogP contribution in [0.5, 0.6) is 11.5 Å². The number of anilines is 2. The molecule has 190 valence electrons. The van der Waals surface area contributed by atoms with Crippen LogP contribution in [0.1, 0.15) is 51.9 Å².